The molecular weight excluding hydrogens is 432 g/mol. The summed E-state index contributed by atoms with van der Waals surface area (Å²) in [6.07, 6.45) is -5.86. The van der Waals surface area contributed by atoms with Gasteiger partial charge in [0.1, 0.15) is 24.5 Å². The van der Waals surface area contributed by atoms with Crippen molar-refractivity contribution in [2.45, 2.75) is 75.6 Å². The molecule has 1 aromatic rings. The van der Waals surface area contributed by atoms with Crippen LogP contribution in [0.4, 0.5) is 5.69 Å². The molecule has 5 rings (SSSR count). The minimum Gasteiger partial charge on any atom is -0.479 e. The number of anilines is 1. The molecule has 1 saturated heterocycles. The predicted molar refractivity (Wildman–Crippen MR) is 114 cm³/mol. The predicted octanol–water partition coefficient (Wildman–Crippen LogP) is -0.0127. The van der Waals surface area contributed by atoms with Gasteiger partial charge in [-0.3, -0.25) is 4.79 Å². The summed E-state index contributed by atoms with van der Waals surface area (Å²) in [6, 6.07) is 6.16. The summed E-state index contributed by atoms with van der Waals surface area (Å²) in [5, 5.41) is 40.2. The Morgan fingerprint density at radius 3 is 2.61 bits per heavy atom. The number of carbonyl (C=O) groups excluding carboxylic acids is 1. The number of nitrogens with zero attached hydrogens (tertiary/aromatic N) is 2. The van der Waals surface area contributed by atoms with E-state index in [0.29, 0.717) is 19.6 Å². The lowest BCUT2D eigenvalue weighted by Gasteiger charge is -2.48. The van der Waals surface area contributed by atoms with Crippen LogP contribution in [0.2, 0.25) is 0 Å². The summed E-state index contributed by atoms with van der Waals surface area (Å²) in [5.74, 6) is -1.14. The fourth-order valence-electron chi connectivity index (χ4n) is 5.96. The van der Waals surface area contributed by atoms with E-state index in [1.54, 1.807) is 11.8 Å². The van der Waals surface area contributed by atoms with Gasteiger partial charge in [0, 0.05) is 38.2 Å². The number of aliphatic hydroxyl groups excluding tert-OH is 3. The lowest BCUT2D eigenvalue weighted by atomic mass is 9.81. The normalized spacial score (nSPS) is 37.8. The van der Waals surface area contributed by atoms with Crippen molar-refractivity contribution in [1.29, 1.82) is 0 Å². The van der Waals surface area contributed by atoms with E-state index in [2.05, 4.69) is 11.0 Å². The lowest BCUT2D eigenvalue weighted by molar-refractivity contribution is -0.308. The molecule has 1 saturated carbocycles. The van der Waals surface area contributed by atoms with E-state index in [0.717, 1.165) is 30.5 Å². The van der Waals surface area contributed by atoms with Crippen LogP contribution in [0.25, 0.3) is 0 Å². The number of hydrogen-bond donors (Lipinski definition) is 4. The van der Waals surface area contributed by atoms with Crippen molar-refractivity contribution in [1.82, 2.24) is 4.90 Å². The van der Waals surface area contributed by atoms with Crippen molar-refractivity contribution in [2.24, 2.45) is 5.92 Å². The second kappa shape index (κ2) is 8.52. The monoisotopic (exact) mass is 462 g/mol. The number of hydrogen-bond acceptors (Lipinski definition) is 8. The smallest absolute Gasteiger partial charge is 0.335 e. The van der Waals surface area contributed by atoms with Crippen LogP contribution in [-0.4, -0.2) is 87.2 Å². The SMILES string of the molecule is CC(=O)N1CCN2c3c(cccc3C3CCCC3C2OC2OC(C(=O)O)C(O)C(O)C2O)C1. The molecule has 8 unspecified atom stereocenters. The number of amides is 1. The third-order valence-corrected chi connectivity index (χ3v) is 7.58. The van der Waals surface area contributed by atoms with Gasteiger partial charge in [0.05, 0.1) is 0 Å². The van der Waals surface area contributed by atoms with Gasteiger partial charge in [0.15, 0.2) is 12.4 Å². The minimum absolute atomic E-state index is 0.0161. The standard InChI is InChI=1S/C23H30N2O8/c1-11(26)24-8-9-25-16-12(10-24)4-2-6-14(16)13-5-3-7-15(13)21(25)33-23-19(29)17(27)18(28)20(32-23)22(30)31/h2,4,6,13,15,17-21,23,27-29H,3,5,7-10H2,1H3,(H,30,31). The van der Waals surface area contributed by atoms with Crippen LogP contribution in [0.3, 0.4) is 0 Å². The summed E-state index contributed by atoms with van der Waals surface area (Å²) in [4.78, 5) is 27.6. The molecule has 2 fully saturated rings. The van der Waals surface area contributed by atoms with Crippen molar-refractivity contribution < 1.29 is 39.5 Å². The Bertz CT molecular complexity index is 941. The Morgan fingerprint density at radius 2 is 1.88 bits per heavy atom. The van der Waals surface area contributed by atoms with E-state index in [1.165, 1.54) is 5.56 Å². The zero-order chi connectivity index (χ0) is 23.4. The van der Waals surface area contributed by atoms with E-state index in [-0.39, 0.29) is 17.7 Å². The van der Waals surface area contributed by atoms with Gasteiger partial charge in [0.25, 0.3) is 0 Å². The van der Waals surface area contributed by atoms with E-state index in [4.69, 9.17) is 9.47 Å². The molecule has 33 heavy (non-hydrogen) atoms. The molecule has 10 nitrogen and oxygen atoms in total. The molecule has 1 aliphatic carbocycles. The summed E-state index contributed by atoms with van der Waals surface area (Å²) in [5.41, 5.74) is 3.27. The number of benzene rings is 1. The largest absolute Gasteiger partial charge is 0.479 e. The Balaban J connectivity index is 1.51. The van der Waals surface area contributed by atoms with Crippen LogP contribution < -0.4 is 4.90 Å². The van der Waals surface area contributed by atoms with Gasteiger partial charge >= 0.3 is 5.97 Å². The topological polar surface area (TPSA) is 140 Å². The van der Waals surface area contributed by atoms with Gasteiger partial charge in [-0.25, -0.2) is 4.79 Å². The molecule has 180 valence electrons. The first-order valence-corrected chi connectivity index (χ1v) is 11.5. The quantitative estimate of drug-likeness (QED) is 0.488. The van der Waals surface area contributed by atoms with Gasteiger partial charge in [0.2, 0.25) is 5.91 Å². The second-order valence-corrected chi connectivity index (χ2v) is 9.45. The Morgan fingerprint density at radius 1 is 1.09 bits per heavy atom. The number of para-hydroxylation sites is 1. The first kappa shape index (κ1) is 22.5. The number of fused-ring (bicyclic) bond motifs is 2. The molecule has 8 atom stereocenters. The number of rotatable bonds is 3. The highest BCUT2D eigenvalue weighted by Gasteiger charge is 2.52. The van der Waals surface area contributed by atoms with E-state index in [9.17, 15) is 30.0 Å². The number of ether oxygens (including phenoxy) is 2. The number of aliphatic hydroxyl groups is 3. The van der Waals surface area contributed by atoms with Crippen LogP contribution in [0.5, 0.6) is 0 Å². The maximum absolute atomic E-state index is 12.2. The van der Waals surface area contributed by atoms with Gasteiger partial charge in [-0.05, 0) is 29.9 Å². The molecule has 0 bridgehead atoms. The average molecular weight is 462 g/mol. The minimum atomic E-state index is -1.77. The van der Waals surface area contributed by atoms with Crippen LogP contribution in [-0.2, 0) is 25.6 Å². The highest BCUT2D eigenvalue weighted by atomic mass is 16.7. The number of carboxylic acid groups (broad SMARTS) is 1. The van der Waals surface area contributed by atoms with E-state index < -0.39 is 42.9 Å². The van der Waals surface area contributed by atoms with Crippen molar-refractivity contribution in [3.05, 3.63) is 29.3 Å². The average Bonchev–Trinajstić information content (AvgIpc) is 3.18. The maximum Gasteiger partial charge on any atom is 0.335 e. The summed E-state index contributed by atoms with van der Waals surface area (Å²) in [7, 11) is 0. The zero-order valence-corrected chi connectivity index (χ0v) is 18.4. The van der Waals surface area contributed by atoms with Crippen molar-refractivity contribution >= 4 is 17.6 Å². The molecule has 0 radical (unpaired) electrons. The lowest BCUT2D eigenvalue weighted by Crippen LogP contribution is -2.62. The first-order valence-electron chi connectivity index (χ1n) is 11.5. The molecular formula is C23H30N2O8. The van der Waals surface area contributed by atoms with Crippen LogP contribution in [0.15, 0.2) is 18.2 Å². The molecule has 10 heteroatoms. The second-order valence-electron chi connectivity index (χ2n) is 9.45. The molecule has 1 aromatic carbocycles. The highest BCUT2D eigenvalue weighted by molar-refractivity contribution is 5.75. The van der Waals surface area contributed by atoms with Crippen molar-refractivity contribution in [2.75, 3.05) is 18.0 Å². The maximum atomic E-state index is 12.2. The third-order valence-electron chi connectivity index (χ3n) is 7.58. The van der Waals surface area contributed by atoms with Crippen LogP contribution in [0, 0.1) is 5.92 Å². The molecule has 3 aliphatic heterocycles. The highest BCUT2D eigenvalue weighted by Crippen LogP contribution is 2.52. The molecule has 1 amide bonds. The van der Waals surface area contributed by atoms with Crippen LogP contribution >= 0.6 is 0 Å². The van der Waals surface area contributed by atoms with E-state index in [1.807, 2.05) is 12.1 Å². The van der Waals surface area contributed by atoms with Gasteiger partial charge in [-0.2, -0.15) is 0 Å². The molecule has 0 aromatic heterocycles. The zero-order valence-electron chi connectivity index (χ0n) is 18.4. The fraction of sp³-hybridized carbons (Fsp3) is 0.652. The summed E-state index contributed by atoms with van der Waals surface area (Å²) >= 11 is 0. The Labute approximate surface area is 191 Å². The summed E-state index contributed by atoms with van der Waals surface area (Å²) in [6.45, 7) is 3.04. The molecule has 0 spiro atoms. The molecule has 4 N–H and O–H groups in total. The first-order chi connectivity index (χ1) is 15.8. The summed E-state index contributed by atoms with van der Waals surface area (Å²) < 4.78 is 11.7. The molecule has 3 heterocycles. The van der Waals surface area contributed by atoms with Gasteiger partial charge in [-0.1, -0.05) is 24.6 Å². The van der Waals surface area contributed by atoms with E-state index >= 15 is 0 Å². The Kier molecular flexibility index (Phi) is 5.82. The number of carboxylic acids is 1. The van der Waals surface area contributed by atoms with Crippen molar-refractivity contribution in [3.63, 3.8) is 0 Å². The third kappa shape index (κ3) is 3.70. The number of carbonyl (C=O) groups is 2. The molecule has 4 aliphatic rings. The fourth-order valence-corrected chi connectivity index (χ4v) is 5.96. The number of aliphatic carboxylic acids is 1. The van der Waals surface area contributed by atoms with Gasteiger partial charge < -0.3 is 39.7 Å². The van der Waals surface area contributed by atoms with Crippen molar-refractivity contribution in [3.8, 4) is 0 Å². The Hall–Kier alpha value is -2.24. The van der Waals surface area contributed by atoms with Crippen LogP contribution in [0.1, 0.15) is 43.2 Å². The van der Waals surface area contributed by atoms with Gasteiger partial charge in [-0.15, -0.1) is 0 Å².